The molecular formula is C25H16Br2Cl2N2O2. The molecule has 4 aromatic rings. The summed E-state index contributed by atoms with van der Waals surface area (Å²) in [5, 5.41) is 7.05. The lowest BCUT2D eigenvalue weighted by atomic mass is 10.1. The highest BCUT2D eigenvalue weighted by atomic mass is 79.9. The molecule has 0 aliphatic carbocycles. The van der Waals surface area contributed by atoms with Crippen molar-refractivity contribution in [1.82, 2.24) is 5.43 Å². The third-order valence-electron chi connectivity index (χ3n) is 4.83. The highest BCUT2D eigenvalue weighted by Crippen LogP contribution is 2.35. The minimum atomic E-state index is -0.391. The van der Waals surface area contributed by atoms with Crippen molar-refractivity contribution in [2.45, 2.75) is 6.61 Å². The Labute approximate surface area is 217 Å². The Kier molecular flexibility index (Phi) is 7.71. The Hall–Kier alpha value is -2.38. The highest BCUT2D eigenvalue weighted by Gasteiger charge is 2.11. The summed E-state index contributed by atoms with van der Waals surface area (Å²) in [6.45, 7) is 0.422. The summed E-state index contributed by atoms with van der Waals surface area (Å²) < 4.78 is 7.62. The minimum Gasteiger partial charge on any atom is -0.487 e. The fourth-order valence-corrected chi connectivity index (χ4v) is 4.98. The predicted molar refractivity (Wildman–Crippen MR) is 142 cm³/mol. The summed E-state index contributed by atoms with van der Waals surface area (Å²) in [6.07, 6.45) is 1.54. The number of amides is 1. The first-order chi connectivity index (χ1) is 15.9. The minimum absolute atomic E-state index is 0.306. The van der Waals surface area contributed by atoms with Crippen LogP contribution in [0.15, 0.2) is 86.8 Å². The normalized spacial score (nSPS) is 11.2. The predicted octanol–water partition coefficient (Wildman–Crippen LogP) is 8.01. The SMILES string of the molecule is O=C(N/N=C\c1cc(Br)c(OCc2cccc3ccccc23)c(Br)c1)c1ccc(Cl)c(Cl)c1. The van der Waals surface area contributed by atoms with Crippen molar-refractivity contribution in [1.29, 1.82) is 0 Å². The monoisotopic (exact) mass is 604 g/mol. The first kappa shape index (κ1) is 23.8. The molecule has 33 heavy (non-hydrogen) atoms. The van der Waals surface area contributed by atoms with Crippen LogP contribution in [-0.4, -0.2) is 12.1 Å². The molecule has 0 saturated heterocycles. The van der Waals surface area contributed by atoms with E-state index in [4.69, 9.17) is 27.9 Å². The Morgan fingerprint density at radius 2 is 1.67 bits per heavy atom. The van der Waals surface area contributed by atoms with E-state index in [0.29, 0.717) is 28.0 Å². The van der Waals surface area contributed by atoms with Gasteiger partial charge in [-0.2, -0.15) is 5.10 Å². The molecule has 0 heterocycles. The molecule has 0 spiro atoms. The molecule has 0 atom stereocenters. The molecule has 166 valence electrons. The highest BCUT2D eigenvalue weighted by molar-refractivity contribution is 9.11. The number of hydrogen-bond donors (Lipinski definition) is 1. The van der Waals surface area contributed by atoms with Crippen LogP contribution in [0.4, 0.5) is 0 Å². The number of carbonyl (C=O) groups excluding carboxylic acids is 1. The molecule has 0 aromatic heterocycles. The van der Waals surface area contributed by atoms with Gasteiger partial charge in [0.15, 0.2) is 0 Å². The second-order valence-electron chi connectivity index (χ2n) is 7.07. The zero-order valence-electron chi connectivity index (χ0n) is 17.0. The Morgan fingerprint density at radius 1 is 0.939 bits per heavy atom. The molecule has 8 heteroatoms. The number of hydrazone groups is 1. The number of benzene rings is 4. The summed E-state index contributed by atoms with van der Waals surface area (Å²) in [5.74, 6) is 0.290. The second kappa shape index (κ2) is 10.7. The van der Waals surface area contributed by atoms with Gasteiger partial charge in [0.1, 0.15) is 12.4 Å². The Bertz CT molecular complexity index is 1350. The molecule has 0 radical (unpaired) electrons. The van der Waals surface area contributed by atoms with E-state index in [1.165, 1.54) is 11.5 Å². The Morgan fingerprint density at radius 3 is 2.42 bits per heavy atom. The molecule has 4 rings (SSSR count). The third-order valence-corrected chi connectivity index (χ3v) is 6.75. The van der Waals surface area contributed by atoms with Gasteiger partial charge in [-0.3, -0.25) is 4.79 Å². The van der Waals surface area contributed by atoms with Crippen LogP contribution >= 0.6 is 55.1 Å². The maximum atomic E-state index is 12.2. The van der Waals surface area contributed by atoms with Gasteiger partial charge >= 0.3 is 0 Å². The first-order valence-electron chi connectivity index (χ1n) is 9.79. The maximum Gasteiger partial charge on any atom is 0.271 e. The van der Waals surface area contributed by atoms with Crippen LogP contribution in [0.3, 0.4) is 0 Å². The largest absolute Gasteiger partial charge is 0.487 e. The molecule has 0 fully saturated rings. The summed E-state index contributed by atoms with van der Waals surface area (Å²) in [7, 11) is 0. The maximum absolute atomic E-state index is 12.2. The van der Waals surface area contributed by atoms with Crippen LogP contribution in [0.25, 0.3) is 10.8 Å². The number of nitrogens with zero attached hydrogens (tertiary/aromatic N) is 1. The van der Waals surface area contributed by atoms with Gasteiger partial charge in [0, 0.05) is 5.56 Å². The fourth-order valence-electron chi connectivity index (χ4n) is 3.23. The smallest absolute Gasteiger partial charge is 0.271 e. The summed E-state index contributed by atoms with van der Waals surface area (Å²) >= 11 is 19.0. The Balaban J connectivity index is 1.44. The molecule has 0 aliphatic rings. The van der Waals surface area contributed by atoms with Gasteiger partial charge in [-0.05, 0) is 84.1 Å². The van der Waals surface area contributed by atoms with Gasteiger partial charge in [-0.1, -0.05) is 65.7 Å². The van der Waals surface area contributed by atoms with Crippen LogP contribution < -0.4 is 10.2 Å². The van der Waals surface area contributed by atoms with E-state index in [9.17, 15) is 4.79 Å². The third kappa shape index (κ3) is 5.76. The molecular weight excluding hydrogens is 591 g/mol. The number of fused-ring (bicyclic) bond motifs is 1. The van der Waals surface area contributed by atoms with E-state index in [0.717, 1.165) is 25.5 Å². The number of ether oxygens (including phenoxy) is 1. The second-order valence-corrected chi connectivity index (χ2v) is 9.59. The van der Waals surface area contributed by atoms with Crippen molar-refractivity contribution in [3.05, 3.63) is 108 Å². The van der Waals surface area contributed by atoms with Crippen molar-refractivity contribution >= 4 is 78.0 Å². The van der Waals surface area contributed by atoms with Crippen LogP contribution in [0.1, 0.15) is 21.5 Å². The molecule has 0 unspecified atom stereocenters. The van der Waals surface area contributed by atoms with Gasteiger partial charge in [0.05, 0.1) is 25.2 Å². The molecule has 0 saturated carbocycles. The zero-order valence-corrected chi connectivity index (χ0v) is 21.7. The standard InChI is InChI=1S/C25H16Br2Cl2N2O2/c26-20-10-15(13-30-31-25(32)17-8-9-22(28)23(29)12-17)11-21(27)24(20)33-14-18-6-3-5-16-4-1-2-7-19(16)18/h1-13H,14H2,(H,31,32)/b30-13-. The van der Waals surface area contributed by atoms with Gasteiger partial charge in [-0.25, -0.2) is 5.43 Å². The quantitative estimate of drug-likeness (QED) is 0.178. The summed E-state index contributed by atoms with van der Waals surface area (Å²) in [6, 6.07) is 22.7. The number of rotatable bonds is 6. The van der Waals surface area contributed by atoms with E-state index < -0.39 is 5.91 Å². The number of hydrogen-bond acceptors (Lipinski definition) is 3. The summed E-state index contributed by atoms with van der Waals surface area (Å²) in [4.78, 5) is 12.2. The zero-order chi connectivity index (χ0) is 23.4. The van der Waals surface area contributed by atoms with Crippen molar-refractivity contribution in [2.75, 3.05) is 0 Å². The molecule has 4 aromatic carbocycles. The molecule has 4 nitrogen and oxygen atoms in total. The lowest BCUT2D eigenvalue weighted by Crippen LogP contribution is -2.17. The number of nitrogens with one attached hydrogen (secondary N) is 1. The van der Waals surface area contributed by atoms with E-state index in [-0.39, 0.29) is 0 Å². The van der Waals surface area contributed by atoms with E-state index >= 15 is 0 Å². The van der Waals surface area contributed by atoms with Crippen molar-refractivity contribution < 1.29 is 9.53 Å². The van der Waals surface area contributed by atoms with Crippen molar-refractivity contribution in [3.63, 3.8) is 0 Å². The lowest BCUT2D eigenvalue weighted by Gasteiger charge is -2.13. The number of carbonyl (C=O) groups is 1. The van der Waals surface area contributed by atoms with Gasteiger partial charge < -0.3 is 4.74 Å². The first-order valence-corrected chi connectivity index (χ1v) is 12.1. The number of halogens is 4. The van der Waals surface area contributed by atoms with Crippen LogP contribution in [0.5, 0.6) is 5.75 Å². The topological polar surface area (TPSA) is 50.7 Å². The van der Waals surface area contributed by atoms with Crippen molar-refractivity contribution in [3.8, 4) is 5.75 Å². The van der Waals surface area contributed by atoms with E-state index in [1.807, 2.05) is 30.3 Å². The van der Waals surface area contributed by atoms with Gasteiger partial charge in [0.2, 0.25) is 0 Å². The average Bonchev–Trinajstić information content (AvgIpc) is 2.80. The lowest BCUT2D eigenvalue weighted by molar-refractivity contribution is 0.0955. The van der Waals surface area contributed by atoms with Crippen LogP contribution in [0, 0.1) is 0 Å². The molecule has 1 amide bonds. The molecule has 1 N–H and O–H groups in total. The van der Waals surface area contributed by atoms with Crippen LogP contribution in [0.2, 0.25) is 10.0 Å². The van der Waals surface area contributed by atoms with E-state index in [2.05, 4.69) is 66.7 Å². The average molecular weight is 607 g/mol. The molecule has 0 aliphatic heterocycles. The van der Waals surface area contributed by atoms with Crippen molar-refractivity contribution in [2.24, 2.45) is 5.10 Å². The van der Waals surface area contributed by atoms with E-state index in [1.54, 1.807) is 18.3 Å². The molecule has 0 bridgehead atoms. The fraction of sp³-hybridized carbons (Fsp3) is 0.0400. The summed E-state index contributed by atoms with van der Waals surface area (Å²) in [5.41, 5.74) is 4.70. The van der Waals surface area contributed by atoms with Gasteiger partial charge in [0.25, 0.3) is 5.91 Å². The van der Waals surface area contributed by atoms with Crippen LogP contribution in [-0.2, 0) is 6.61 Å². The van der Waals surface area contributed by atoms with Gasteiger partial charge in [-0.15, -0.1) is 0 Å².